The van der Waals surface area contributed by atoms with Gasteiger partial charge < -0.3 is 9.84 Å². The number of amides is 1. The molecule has 0 unspecified atom stereocenters. The molecule has 0 fully saturated rings. The van der Waals surface area contributed by atoms with E-state index in [9.17, 15) is 9.59 Å². The highest BCUT2D eigenvalue weighted by Crippen LogP contribution is 2.11. The van der Waals surface area contributed by atoms with E-state index in [-0.39, 0.29) is 12.5 Å². The van der Waals surface area contributed by atoms with Crippen LogP contribution in [0.15, 0.2) is 30.3 Å². The second kappa shape index (κ2) is 6.78. The fourth-order valence-corrected chi connectivity index (χ4v) is 1.69. The third kappa shape index (κ3) is 4.28. The molecule has 1 aromatic carbocycles. The maximum Gasteiger partial charge on any atom is 0.410 e. The SMILES string of the molecule is [2H]CN(C(=O)OCc1ccccc1)[C@H](C(=O)O)C(C)C. The Hall–Kier alpha value is -2.04. The Labute approximate surface area is 114 Å². The van der Waals surface area contributed by atoms with Crippen LogP contribution in [0.3, 0.4) is 0 Å². The number of benzene rings is 1. The van der Waals surface area contributed by atoms with Crippen molar-refractivity contribution in [1.29, 1.82) is 0 Å². The lowest BCUT2D eigenvalue weighted by molar-refractivity contribution is -0.143. The minimum atomic E-state index is -1.14. The standard InChI is InChI=1S/C14H19NO4/c1-10(2)12(13(16)17)15(3)14(18)19-9-11-7-5-4-6-8-11/h4-8,10,12H,9H2,1-3H3,(H,16,17)/t12-/m0/s1/i3D. The molecule has 0 aliphatic carbocycles. The molecule has 0 heterocycles. The van der Waals surface area contributed by atoms with Gasteiger partial charge in [-0.25, -0.2) is 9.59 Å². The zero-order valence-electron chi connectivity index (χ0n) is 12.1. The Kier molecular flexibility index (Phi) is 4.78. The fraction of sp³-hybridized carbons (Fsp3) is 0.429. The molecule has 1 N–H and O–H groups in total. The topological polar surface area (TPSA) is 66.8 Å². The highest BCUT2D eigenvalue weighted by Gasteiger charge is 2.30. The first kappa shape index (κ1) is 13.4. The van der Waals surface area contributed by atoms with Gasteiger partial charge in [0.1, 0.15) is 12.6 Å². The molecule has 1 rings (SSSR count). The highest BCUT2D eigenvalue weighted by molar-refractivity contribution is 5.80. The molecule has 0 aliphatic heterocycles. The summed E-state index contributed by atoms with van der Waals surface area (Å²) in [5.41, 5.74) is 0.808. The molecule has 0 bridgehead atoms. The van der Waals surface area contributed by atoms with Gasteiger partial charge in [-0.15, -0.1) is 0 Å². The first-order valence-corrected chi connectivity index (χ1v) is 5.96. The number of rotatable bonds is 5. The molecular weight excluding hydrogens is 246 g/mol. The Morgan fingerprint density at radius 3 is 2.47 bits per heavy atom. The number of likely N-dealkylation sites (N-methyl/N-ethyl adjacent to an activating group) is 1. The summed E-state index contributed by atoms with van der Waals surface area (Å²) in [6.07, 6.45) is -0.787. The fourth-order valence-electron chi connectivity index (χ4n) is 1.69. The quantitative estimate of drug-likeness (QED) is 0.888. The predicted molar refractivity (Wildman–Crippen MR) is 70.7 cm³/mol. The molecule has 1 atom stereocenters. The van der Waals surface area contributed by atoms with Gasteiger partial charge in [-0.1, -0.05) is 44.2 Å². The zero-order chi connectivity index (χ0) is 15.1. The number of carbonyl (C=O) groups is 2. The first-order chi connectivity index (χ1) is 9.47. The van der Waals surface area contributed by atoms with E-state index in [2.05, 4.69) is 0 Å². The van der Waals surface area contributed by atoms with Crippen LogP contribution in [0.1, 0.15) is 20.8 Å². The van der Waals surface area contributed by atoms with Crippen molar-refractivity contribution in [2.75, 3.05) is 7.02 Å². The van der Waals surface area contributed by atoms with Crippen LogP contribution in [-0.4, -0.2) is 35.1 Å². The van der Waals surface area contributed by atoms with Crippen molar-refractivity contribution in [2.24, 2.45) is 5.92 Å². The van der Waals surface area contributed by atoms with Gasteiger partial charge in [0.05, 0.1) is 0 Å². The van der Waals surface area contributed by atoms with Gasteiger partial charge in [0.25, 0.3) is 0 Å². The molecule has 5 nitrogen and oxygen atoms in total. The Morgan fingerprint density at radius 1 is 1.37 bits per heavy atom. The number of hydrogen-bond acceptors (Lipinski definition) is 3. The van der Waals surface area contributed by atoms with Crippen molar-refractivity contribution >= 4 is 12.1 Å². The van der Waals surface area contributed by atoms with E-state index >= 15 is 0 Å². The van der Waals surface area contributed by atoms with E-state index in [1.54, 1.807) is 26.0 Å². The van der Waals surface area contributed by atoms with Crippen LogP contribution in [0, 0.1) is 5.92 Å². The van der Waals surface area contributed by atoms with Gasteiger partial charge in [-0.3, -0.25) is 4.90 Å². The average Bonchev–Trinajstić information content (AvgIpc) is 2.42. The van der Waals surface area contributed by atoms with Crippen molar-refractivity contribution in [3.05, 3.63) is 35.9 Å². The van der Waals surface area contributed by atoms with Crippen LogP contribution >= 0.6 is 0 Å². The van der Waals surface area contributed by atoms with Crippen LogP contribution in [0.4, 0.5) is 4.79 Å². The first-order valence-electron chi connectivity index (χ1n) is 6.67. The zero-order valence-corrected chi connectivity index (χ0v) is 11.1. The second-order valence-corrected chi connectivity index (χ2v) is 4.54. The smallest absolute Gasteiger partial charge is 0.410 e. The summed E-state index contributed by atoms with van der Waals surface area (Å²) < 4.78 is 12.4. The Balaban J connectivity index is 2.69. The van der Waals surface area contributed by atoms with Gasteiger partial charge in [0, 0.05) is 8.39 Å². The minimum absolute atomic E-state index is 0.0562. The van der Waals surface area contributed by atoms with Gasteiger partial charge in [0.15, 0.2) is 0 Å². The highest BCUT2D eigenvalue weighted by atomic mass is 16.6. The number of ether oxygens (including phenoxy) is 1. The summed E-state index contributed by atoms with van der Waals surface area (Å²) in [4.78, 5) is 24.0. The predicted octanol–water partition coefficient (Wildman–Crippen LogP) is 2.36. The molecular formula is C14H19NO4. The van der Waals surface area contributed by atoms with Crippen molar-refractivity contribution in [3.8, 4) is 0 Å². The summed E-state index contributed by atoms with van der Waals surface area (Å²) in [5, 5.41) is 9.15. The molecule has 1 amide bonds. The van der Waals surface area contributed by atoms with E-state index < -0.39 is 25.1 Å². The molecule has 1 aromatic rings. The van der Waals surface area contributed by atoms with Crippen LogP contribution in [0.2, 0.25) is 0 Å². The Bertz CT molecular complexity index is 450. The number of carboxylic acids is 1. The molecule has 0 radical (unpaired) electrons. The number of carbonyl (C=O) groups excluding carboxylic acids is 1. The molecule has 0 saturated carbocycles. The molecule has 0 aliphatic rings. The van der Waals surface area contributed by atoms with E-state index in [1.165, 1.54) is 0 Å². The second-order valence-electron chi connectivity index (χ2n) is 4.54. The van der Waals surface area contributed by atoms with Crippen LogP contribution in [0.5, 0.6) is 0 Å². The van der Waals surface area contributed by atoms with Crippen molar-refractivity contribution in [3.63, 3.8) is 0 Å². The normalized spacial score (nSPS) is 12.7. The molecule has 0 saturated heterocycles. The Morgan fingerprint density at radius 2 is 2.00 bits per heavy atom. The van der Waals surface area contributed by atoms with Crippen molar-refractivity contribution in [1.82, 2.24) is 4.90 Å². The average molecular weight is 266 g/mol. The number of aliphatic carboxylic acids is 1. The summed E-state index contributed by atoms with van der Waals surface area (Å²) in [7, 11) is -0.456. The summed E-state index contributed by atoms with van der Waals surface area (Å²) in [5.74, 6) is -1.44. The lowest BCUT2D eigenvalue weighted by Gasteiger charge is -2.26. The lowest BCUT2D eigenvalue weighted by atomic mass is 10.0. The number of hydrogen-bond donors (Lipinski definition) is 1. The van der Waals surface area contributed by atoms with Crippen molar-refractivity contribution < 1.29 is 20.8 Å². The van der Waals surface area contributed by atoms with Gasteiger partial charge in [-0.05, 0) is 11.5 Å². The van der Waals surface area contributed by atoms with E-state index in [4.69, 9.17) is 11.2 Å². The molecule has 104 valence electrons. The third-order valence-corrected chi connectivity index (χ3v) is 2.66. The summed E-state index contributed by atoms with van der Waals surface area (Å²) in [6.45, 7) is 3.43. The van der Waals surface area contributed by atoms with E-state index in [1.807, 2.05) is 18.2 Å². The molecule has 0 spiro atoms. The largest absolute Gasteiger partial charge is 0.480 e. The van der Waals surface area contributed by atoms with Crippen LogP contribution < -0.4 is 0 Å². The summed E-state index contributed by atoms with van der Waals surface area (Å²) >= 11 is 0. The van der Waals surface area contributed by atoms with Gasteiger partial charge in [0.2, 0.25) is 0 Å². The van der Waals surface area contributed by atoms with E-state index in [0.29, 0.717) is 0 Å². The monoisotopic (exact) mass is 266 g/mol. The molecule has 19 heavy (non-hydrogen) atoms. The number of nitrogens with zero attached hydrogens (tertiary/aromatic N) is 1. The summed E-state index contributed by atoms with van der Waals surface area (Å²) in [6, 6.07) is 8.03. The van der Waals surface area contributed by atoms with Crippen LogP contribution in [-0.2, 0) is 16.1 Å². The molecule has 0 aromatic heterocycles. The maximum absolute atomic E-state index is 11.9. The van der Waals surface area contributed by atoms with E-state index in [0.717, 1.165) is 10.5 Å². The lowest BCUT2D eigenvalue weighted by Crippen LogP contribution is -2.45. The third-order valence-electron chi connectivity index (χ3n) is 2.66. The maximum atomic E-state index is 11.9. The van der Waals surface area contributed by atoms with Gasteiger partial charge in [-0.2, -0.15) is 0 Å². The van der Waals surface area contributed by atoms with Crippen molar-refractivity contribution in [2.45, 2.75) is 26.5 Å². The van der Waals surface area contributed by atoms with Crippen LogP contribution in [0.25, 0.3) is 0 Å². The molecule has 5 heteroatoms. The minimum Gasteiger partial charge on any atom is -0.480 e. The number of carboxylic acid groups (broad SMARTS) is 1. The van der Waals surface area contributed by atoms with Gasteiger partial charge >= 0.3 is 12.1 Å².